The van der Waals surface area contributed by atoms with Crippen molar-refractivity contribution in [3.8, 4) is 11.5 Å². The van der Waals surface area contributed by atoms with Crippen LogP contribution in [0.4, 0.5) is 0 Å². The van der Waals surface area contributed by atoms with Gasteiger partial charge in [-0.25, -0.2) is 0 Å². The first-order valence-corrected chi connectivity index (χ1v) is 6.37. The fraction of sp³-hybridized carbons (Fsp3) is 0.571. The van der Waals surface area contributed by atoms with E-state index in [0.717, 1.165) is 37.3 Å². The Balaban J connectivity index is 1.98. The Morgan fingerprint density at radius 2 is 2.06 bits per heavy atom. The number of aryl methyl sites for hydroxylation is 1. The van der Waals surface area contributed by atoms with Gasteiger partial charge in [-0.05, 0) is 56.3 Å². The van der Waals surface area contributed by atoms with Gasteiger partial charge in [0, 0.05) is 0 Å². The molecule has 0 aliphatic heterocycles. The highest BCUT2D eigenvalue weighted by Crippen LogP contribution is 2.34. The maximum Gasteiger partial charge on any atom is 0.161 e. The minimum atomic E-state index is 0.409. The molecule has 0 spiro atoms. The highest BCUT2D eigenvalue weighted by molar-refractivity contribution is 5.43. The van der Waals surface area contributed by atoms with Gasteiger partial charge in [0.25, 0.3) is 0 Å². The molecule has 1 aromatic rings. The molecule has 94 valence electrons. The Morgan fingerprint density at radius 1 is 1.24 bits per heavy atom. The lowest BCUT2D eigenvalue weighted by molar-refractivity contribution is 0.282. The summed E-state index contributed by atoms with van der Waals surface area (Å²) in [5.41, 5.74) is 6.78. The summed E-state index contributed by atoms with van der Waals surface area (Å²) in [6, 6.07) is 6.22. The zero-order valence-electron chi connectivity index (χ0n) is 10.4. The van der Waals surface area contributed by atoms with Crippen molar-refractivity contribution in [1.29, 1.82) is 0 Å². The van der Waals surface area contributed by atoms with Crippen LogP contribution in [0.2, 0.25) is 0 Å². The normalized spacial score (nSPS) is 14.7. The maximum absolute atomic E-state index is 5.78. The van der Waals surface area contributed by atoms with Gasteiger partial charge in [0.2, 0.25) is 0 Å². The second kappa shape index (κ2) is 5.92. The van der Waals surface area contributed by atoms with Crippen LogP contribution < -0.4 is 15.2 Å². The monoisotopic (exact) mass is 235 g/mol. The van der Waals surface area contributed by atoms with Gasteiger partial charge in [-0.2, -0.15) is 0 Å². The predicted molar refractivity (Wildman–Crippen MR) is 68.6 cm³/mol. The molecule has 1 aromatic carbocycles. The lowest BCUT2D eigenvalue weighted by Crippen LogP contribution is -2.01. The van der Waals surface area contributed by atoms with Crippen molar-refractivity contribution < 1.29 is 9.47 Å². The molecule has 0 unspecified atom stereocenters. The van der Waals surface area contributed by atoms with Crippen LogP contribution in [0.5, 0.6) is 11.5 Å². The first-order chi connectivity index (χ1) is 8.33. The van der Waals surface area contributed by atoms with Gasteiger partial charge >= 0.3 is 0 Å². The third-order valence-electron chi connectivity index (χ3n) is 2.97. The molecule has 0 amide bonds. The molecule has 17 heavy (non-hydrogen) atoms. The van der Waals surface area contributed by atoms with E-state index < -0.39 is 0 Å². The van der Waals surface area contributed by atoms with Crippen LogP contribution in [-0.4, -0.2) is 19.8 Å². The standard InChI is InChI=1S/C14H21NO2/c1-16-14-10-11(4-2-3-9-15)5-8-13(14)17-12-6-7-12/h5,8,10,12H,2-4,6-7,9,15H2,1H3. The van der Waals surface area contributed by atoms with Crippen LogP contribution in [0.15, 0.2) is 18.2 Å². The van der Waals surface area contributed by atoms with Crippen LogP contribution >= 0.6 is 0 Å². The van der Waals surface area contributed by atoms with Crippen LogP contribution in [0.3, 0.4) is 0 Å². The van der Waals surface area contributed by atoms with E-state index >= 15 is 0 Å². The van der Waals surface area contributed by atoms with E-state index in [2.05, 4.69) is 12.1 Å². The fourth-order valence-corrected chi connectivity index (χ4v) is 1.80. The van der Waals surface area contributed by atoms with Gasteiger partial charge in [0.1, 0.15) is 0 Å². The van der Waals surface area contributed by atoms with E-state index in [1.54, 1.807) is 7.11 Å². The zero-order chi connectivity index (χ0) is 12.1. The third kappa shape index (κ3) is 3.63. The smallest absolute Gasteiger partial charge is 0.161 e. The summed E-state index contributed by atoms with van der Waals surface area (Å²) in [5.74, 6) is 1.72. The van der Waals surface area contributed by atoms with Crippen LogP contribution in [-0.2, 0) is 6.42 Å². The molecular weight excluding hydrogens is 214 g/mol. The van der Waals surface area contributed by atoms with Gasteiger partial charge in [-0.15, -0.1) is 0 Å². The number of rotatable bonds is 7. The first-order valence-electron chi connectivity index (χ1n) is 6.37. The fourth-order valence-electron chi connectivity index (χ4n) is 1.80. The lowest BCUT2D eigenvalue weighted by atomic mass is 10.1. The highest BCUT2D eigenvalue weighted by Gasteiger charge is 2.24. The number of methoxy groups -OCH3 is 1. The molecule has 1 aliphatic carbocycles. The Bertz CT molecular complexity index is 361. The highest BCUT2D eigenvalue weighted by atomic mass is 16.5. The summed E-state index contributed by atoms with van der Waals surface area (Å²) in [6.07, 6.45) is 6.00. The second-order valence-electron chi connectivity index (χ2n) is 4.55. The van der Waals surface area contributed by atoms with Crippen LogP contribution in [0.1, 0.15) is 31.2 Å². The molecule has 2 rings (SSSR count). The van der Waals surface area contributed by atoms with Crippen molar-refractivity contribution in [2.24, 2.45) is 5.73 Å². The first kappa shape index (κ1) is 12.2. The molecule has 2 N–H and O–H groups in total. The van der Waals surface area contributed by atoms with E-state index in [1.165, 1.54) is 18.4 Å². The van der Waals surface area contributed by atoms with Crippen molar-refractivity contribution in [3.63, 3.8) is 0 Å². The van der Waals surface area contributed by atoms with Gasteiger partial charge in [-0.3, -0.25) is 0 Å². The van der Waals surface area contributed by atoms with Crippen LogP contribution in [0.25, 0.3) is 0 Å². The predicted octanol–water partition coefficient (Wildman–Crippen LogP) is 2.52. The molecular formula is C14H21NO2. The average Bonchev–Trinajstić information content (AvgIpc) is 3.15. The molecule has 0 heterocycles. The Labute approximate surface area is 103 Å². The van der Waals surface area contributed by atoms with Crippen molar-refractivity contribution in [2.45, 2.75) is 38.2 Å². The van der Waals surface area contributed by atoms with E-state index in [0.29, 0.717) is 6.10 Å². The summed E-state index contributed by atoms with van der Waals surface area (Å²) in [5, 5.41) is 0. The minimum Gasteiger partial charge on any atom is -0.493 e. The number of nitrogens with two attached hydrogens (primary N) is 1. The van der Waals surface area contributed by atoms with E-state index in [4.69, 9.17) is 15.2 Å². The summed E-state index contributed by atoms with van der Waals surface area (Å²) in [7, 11) is 1.69. The molecule has 0 aromatic heterocycles. The number of ether oxygens (including phenoxy) is 2. The van der Waals surface area contributed by atoms with E-state index in [9.17, 15) is 0 Å². The molecule has 0 atom stereocenters. The molecule has 1 saturated carbocycles. The molecule has 3 nitrogen and oxygen atoms in total. The van der Waals surface area contributed by atoms with Gasteiger partial charge in [-0.1, -0.05) is 6.07 Å². The Kier molecular flexibility index (Phi) is 4.26. The maximum atomic E-state index is 5.78. The molecule has 1 aliphatic rings. The zero-order valence-corrected chi connectivity index (χ0v) is 10.4. The molecule has 0 saturated heterocycles. The summed E-state index contributed by atoms with van der Waals surface area (Å²) >= 11 is 0. The number of benzene rings is 1. The molecule has 0 radical (unpaired) electrons. The molecule has 1 fully saturated rings. The van der Waals surface area contributed by atoms with Crippen molar-refractivity contribution in [3.05, 3.63) is 23.8 Å². The third-order valence-corrected chi connectivity index (χ3v) is 2.97. The van der Waals surface area contributed by atoms with E-state index in [-0.39, 0.29) is 0 Å². The minimum absolute atomic E-state index is 0.409. The molecule has 3 heteroatoms. The lowest BCUT2D eigenvalue weighted by Gasteiger charge is -2.11. The topological polar surface area (TPSA) is 44.5 Å². The van der Waals surface area contributed by atoms with Crippen molar-refractivity contribution in [2.75, 3.05) is 13.7 Å². The number of hydrogen-bond acceptors (Lipinski definition) is 3. The Hall–Kier alpha value is -1.22. The quantitative estimate of drug-likeness (QED) is 0.739. The van der Waals surface area contributed by atoms with Crippen molar-refractivity contribution >= 4 is 0 Å². The van der Waals surface area contributed by atoms with Crippen LogP contribution in [0, 0.1) is 0 Å². The van der Waals surface area contributed by atoms with Gasteiger partial charge in [0.05, 0.1) is 13.2 Å². The van der Waals surface area contributed by atoms with Crippen molar-refractivity contribution in [1.82, 2.24) is 0 Å². The summed E-state index contributed by atoms with van der Waals surface area (Å²) < 4.78 is 11.2. The number of hydrogen-bond donors (Lipinski definition) is 1. The largest absolute Gasteiger partial charge is 0.493 e. The Morgan fingerprint density at radius 3 is 2.71 bits per heavy atom. The molecule has 0 bridgehead atoms. The van der Waals surface area contributed by atoms with Gasteiger partial charge < -0.3 is 15.2 Å². The average molecular weight is 235 g/mol. The second-order valence-corrected chi connectivity index (χ2v) is 4.55. The van der Waals surface area contributed by atoms with Gasteiger partial charge in [0.15, 0.2) is 11.5 Å². The summed E-state index contributed by atoms with van der Waals surface area (Å²) in [4.78, 5) is 0. The SMILES string of the molecule is COc1cc(CCCCN)ccc1OC1CC1. The number of unbranched alkanes of at least 4 members (excludes halogenated alkanes) is 1. The van der Waals surface area contributed by atoms with E-state index in [1.807, 2.05) is 6.07 Å². The summed E-state index contributed by atoms with van der Waals surface area (Å²) in [6.45, 7) is 0.764.